The third-order valence-corrected chi connectivity index (χ3v) is 7.91. The van der Waals surface area contributed by atoms with E-state index in [-0.39, 0.29) is 23.6 Å². The molecule has 1 aliphatic carbocycles. The fourth-order valence-electron chi connectivity index (χ4n) is 4.27. The maximum Gasteiger partial charge on any atom is 0.336 e. The van der Waals surface area contributed by atoms with Crippen molar-refractivity contribution in [1.82, 2.24) is 5.32 Å². The van der Waals surface area contributed by atoms with Crippen LogP contribution >= 0.6 is 22.7 Å². The lowest BCUT2D eigenvalue weighted by Gasteiger charge is -2.35. The quantitative estimate of drug-likeness (QED) is 0.658. The Balaban J connectivity index is 1.79. The molecule has 152 valence electrons. The van der Waals surface area contributed by atoms with Crippen molar-refractivity contribution in [3.63, 3.8) is 0 Å². The molecular weight excluding hydrogens is 402 g/mol. The van der Waals surface area contributed by atoms with Crippen molar-refractivity contribution in [2.45, 2.75) is 51.9 Å². The summed E-state index contributed by atoms with van der Waals surface area (Å²) in [6, 6.07) is 8.30. The summed E-state index contributed by atoms with van der Waals surface area (Å²) in [6.07, 6.45) is 2.21. The van der Waals surface area contributed by atoms with Crippen LogP contribution in [0.25, 0.3) is 0 Å². The molecule has 0 saturated carbocycles. The molecule has 29 heavy (non-hydrogen) atoms. The summed E-state index contributed by atoms with van der Waals surface area (Å²) in [5.41, 5.74) is 3.06. The first kappa shape index (κ1) is 20.1. The molecule has 0 bridgehead atoms. The summed E-state index contributed by atoms with van der Waals surface area (Å²) >= 11 is 3.38. The summed E-state index contributed by atoms with van der Waals surface area (Å²) in [5, 5.41) is 5.46. The number of allylic oxidation sites excluding steroid dienone is 3. The number of Topliss-reactive ketones (excluding diaryl/α,β-unsaturated/α-hetero) is 1. The lowest BCUT2D eigenvalue weighted by molar-refractivity contribution is -0.138. The fraction of sp³-hybridized carbons (Fsp3) is 0.391. The van der Waals surface area contributed by atoms with Crippen molar-refractivity contribution in [1.29, 1.82) is 0 Å². The van der Waals surface area contributed by atoms with E-state index >= 15 is 0 Å². The normalized spacial score (nSPS) is 21.8. The number of hydrogen-bond acceptors (Lipinski definition) is 6. The number of ether oxygens (including phenoxy) is 1. The monoisotopic (exact) mass is 427 g/mol. The van der Waals surface area contributed by atoms with Gasteiger partial charge in [-0.2, -0.15) is 0 Å². The Hall–Kier alpha value is -2.18. The van der Waals surface area contributed by atoms with Gasteiger partial charge in [-0.15, -0.1) is 22.7 Å². The number of esters is 1. The van der Waals surface area contributed by atoms with Crippen LogP contribution in [0.15, 0.2) is 52.2 Å². The lowest BCUT2D eigenvalue weighted by Crippen LogP contribution is -2.35. The smallest absolute Gasteiger partial charge is 0.336 e. The van der Waals surface area contributed by atoms with Gasteiger partial charge in [-0.05, 0) is 50.3 Å². The van der Waals surface area contributed by atoms with Crippen LogP contribution in [0.5, 0.6) is 0 Å². The first-order valence-electron chi connectivity index (χ1n) is 10.1. The van der Waals surface area contributed by atoms with Gasteiger partial charge in [0.15, 0.2) is 5.78 Å². The van der Waals surface area contributed by atoms with Gasteiger partial charge in [0, 0.05) is 43.9 Å². The predicted molar refractivity (Wildman–Crippen MR) is 117 cm³/mol. The lowest BCUT2D eigenvalue weighted by atomic mass is 9.74. The zero-order chi connectivity index (χ0) is 20.5. The molecule has 0 fully saturated rings. The molecule has 0 spiro atoms. The van der Waals surface area contributed by atoms with Crippen LogP contribution in [0.4, 0.5) is 0 Å². The van der Waals surface area contributed by atoms with E-state index < -0.39 is 0 Å². The molecule has 0 radical (unpaired) electrons. The van der Waals surface area contributed by atoms with Gasteiger partial charge in [0.25, 0.3) is 0 Å². The molecule has 2 atom stereocenters. The van der Waals surface area contributed by atoms with Crippen LogP contribution in [-0.2, 0) is 20.7 Å². The molecule has 4 rings (SSSR count). The van der Waals surface area contributed by atoms with Gasteiger partial charge in [0.05, 0.1) is 18.1 Å². The molecule has 2 aromatic rings. The Bertz CT molecular complexity index is 997. The number of thiophene rings is 2. The maximum absolute atomic E-state index is 13.4. The van der Waals surface area contributed by atoms with E-state index in [1.54, 1.807) is 22.7 Å². The summed E-state index contributed by atoms with van der Waals surface area (Å²) in [4.78, 5) is 29.8. The highest BCUT2D eigenvalue weighted by Gasteiger charge is 2.42. The van der Waals surface area contributed by atoms with Crippen LogP contribution in [-0.4, -0.2) is 18.4 Å². The van der Waals surface area contributed by atoms with Crippen LogP contribution in [0.3, 0.4) is 0 Å². The number of carbonyl (C=O) groups excluding carboxylic acids is 2. The Morgan fingerprint density at radius 2 is 2.03 bits per heavy atom. The molecule has 1 N–H and O–H groups in total. The van der Waals surface area contributed by atoms with Crippen LogP contribution < -0.4 is 5.32 Å². The summed E-state index contributed by atoms with van der Waals surface area (Å²) in [5.74, 6) is -0.357. The fourth-order valence-corrected chi connectivity index (χ4v) is 6.17. The Morgan fingerprint density at radius 3 is 2.69 bits per heavy atom. The summed E-state index contributed by atoms with van der Waals surface area (Å²) < 4.78 is 5.37. The van der Waals surface area contributed by atoms with Crippen molar-refractivity contribution >= 4 is 34.4 Å². The number of hydrogen-bond donors (Lipinski definition) is 1. The highest BCUT2D eigenvalue weighted by Crippen LogP contribution is 2.47. The van der Waals surface area contributed by atoms with Gasteiger partial charge in [0.1, 0.15) is 0 Å². The average Bonchev–Trinajstić information content (AvgIpc) is 3.38. The molecule has 0 aromatic carbocycles. The number of ketones is 1. The van der Waals surface area contributed by atoms with Crippen LogP contribution in [0.2, 0.25) is 0 Å². The topological polar surface area (TPSA) is 55.4 Å². The van der Waals surface area contributed by atoms with Gasteiger partial charge < -0.3 is 10.1 Å². The largest absolute Gasteiger partial charge is 0.463 e. The van der Waals surface area contributed by atoms with Crippen molar-refractivity contribution in [2.24, 2.45) is 0 Å². The third-order valence-electron chi connectivity index (χ3n) is 5.58. The molecule has 2 aliphatic rings. The second kappa shape index (κ2) is 8.28. The van der Waals surface area contributed by atoms with Gasteiger partial charge in [-0.3, -0.25) is 4.79 Å². The molecular formula is C23H25NO3S2. The van der Waals surface area contributed by atoms with Crippen molar-refractivity contribution in [3.8, 4) is 0 Å². The number of nitrogens with one attached hydrogen (secondary N) is 1. The molecule has 1 aliphatic heterocycles. The zero-order valence-electron chi connectivity index (χ0n) is 16.9. The van der Waals surface area contributed by atoms with Gasteiger partial charge >= 0.3 is 5.97 Å². The average molecular weight is 428 g/mol. The van der Waals surface area contributed by atoms with Gasteiger partial charge in [0.2, 0.25) is 0 Å². The van der Waals surface area contributed by atoms with Crippen LogP contribution in [0, 0.1) is 0 Å². The minimum absolute atomic E-state index is 0.128. The van der Waals surface area contributed by atoms with Gasteiger partial charge in [-0.1, -0.05) is 13.0 Å². The number of dihydropyridines is 1. The van der Waals surface area contributed by atoms with Gasteiger partial charge in [-0.25, -0.2) is 4.79 Å². The number of rotatable bonds is 5. The molecule has 0 unspecified atom stereocenters. The Labute approximate surface area is 179 Å². The number of carbonyl (C=O) groups is 2. The minimum atomic E-state index is -0.340. The van der Waals surface area contributed by atoms with Crippen LogP contribution in [0.1, 0.15) is 60.1 Å². The molecule has 3 heterocycles. The highest BCUT2D eigenvalue weighted by atomic mass is 32.1. The first-order chi connectivity index (χ1) is 14.0. The molecule has 6 heteroatoms. The Morgan fingerprint density at radius 1 is 1.21 bits per heavy atom. The minimum Gasteiger partial charge on any atom is -0.463 e. The second-order valence-corrected chi connectivity index (χ2v) is 9.59. The van der Waals surface area contributed by atoms with E-state index in [1.165, 1.54) is 9.75 Å². The van der Waals surface area contributed by atoms with E-state index in [1.807, 2.05) is 19.9 Å². The van der Waals surface area contributed by atoms with E-state index in [4.69, 9.17) is 4.74 Å². The van der Waals surface area contributed by atoms with Crippen molar-refractivity contribution in [2.75, 3.05) is 6.61 Å². The zero-order valence-corrected chi connectivity index (χ0v) is 18.5. The van der Waals surface area contributed by atoms with Crippen molar-refractivity contribution in [3.05, 3.63) is 66.8 Å². The highest BCUT2D eigenvalue weighted by molar-refractivity contribution is 7.12. The Kier molecular flexibility index (Phi) is 5.74. The van der Waals surface area contributed by atoms with E-state index in [2.05, 4.69) is 35.8 Å². The second-order valence-electron chi connectivity index (χ2n) is 7.41. The first-order valence-corrected chi connectivity index (χ1v) is 11.8. The SMILES string of the molecule is CCOC(=O)C1=C(C)NC2=C(C(=O)C[C@H](c3cccs3)C2)[C@@H]1c1ccc(CC)s1. The molecule has 0 amide bonds. The van der Waals surface area contributed by atoms with E-state index in [9.17, 15) is 9.59 Å². The standard InChI is InChI=1S/C23H25NO3S2/c1-4-15-8-9-19(29-15)22-20(23(26)27-5-2)13(3)24-16-11-14(12-17(25)21(16)22)18-7-6-10-28-18/h6-10,14,22,24H,4-5,11-12H2,1-3H3/t14-,22-/m1/s1. The summed E-state index contributed by atoms with van der Waals surface area (Å²) in [7, 11) is 0. The van der Waals surface area contributed by atoms with E-state index in [0.717, 1.165) is 34.7 Å². The molecule has 0 saturated heterocycles. The van der Waals surface area contributed by atoms with Crippen molar-refractivity contribution < 1.29 is 14.3 Å². The third kappa shape index (κ3) is 3.71. The maximum atomic E-state index is 13.4. The molecule has 4 nitrogen and oxygen atoms in total. The number of aryl methyl sites for hydroxylation is 1. The van der Waals surface area contributed by atoms with E-state index in [0.29, 0.717) is 18.6 Å². The predicted octanol–water partition coefficient (Wildman–Crippen LogP) is 5.30. The molecule has 2 aromatic heterocycles. The summed E-state index contributed by atoms with van der Waals surface area (Å²) in [6.45, 7) is 6.15.